The van der Waals surface area contributed by atoms with Crippen LogP contribution in [0.5, 0.6) is 0 Å². The zero-order valence-corrected chi connectivity index (χ0v) is 33.4. The number of hydrogen-bond donors (Lipinski definition) is 0. The van der Waals surface area contributed by atoms with Crippen LogP contribution >= 0.6 is 11.8 Å². The summed E-state index contributed by atoms with van der Waals surface area (Å²) >= 11 is 1.91. The molecule has 4 heteroatoms. The smallest absolute Gasteiger partial charge is 0.181 e. The van der Waals surface area contributed by atoms with Crippen LogP contribution in [0.15, 0.2) is 228 Å². The molecule has 0 radical (unpaired) electrons. The van der Waals surface area contributed by atoms with Crippen LogP contribution in [0.4, 0.5) is 0 Å². The lowest BCUT2D eigenvalue weighted by Crippen LogP contribution is -2.76. The molecule has 0 amide bonds. The molecule has 0 aliphatic carbocycles. The van der Waals surface area contributed by atoms with E-state index in [-0.39, 0.29) is 0 Å². The Bertz CT molecular complexity index is 3320. The first kappa shape index (κ1) is 33.3. The van der Waals surface area contributed by atoms with Crippen molar-refractivity contribution in [3.05, 3.63) is 218 Å². The van der Waals surface area contributed by atoms with Crippen molar-refractivity contribution in [2.75, 3.05) is 0 Å². The van der Waals surface area contributed by atoms with Gasteiger partial charge in [-0.25, -0.2) is 0 Å². The summed E-state index contributed by atoms with van der Waals surface area (Å²) in [7, 11) is -2.77. The molecule has 0 bridgehead atoms. The Morgan fingerprint density at radius 3 is 1.62 bits per heavy atom. The minimum Gasteiger partial charge on any atom is -0.309 e. The van der Waals surface area contributed by atoms with Crippen LogP contribution in [-0.2, 0) is 0 Å². The van der Waals surface area contributed by atoms with Crippen molar-refractivity contribution in [3.63, 3.8) is 0 Å². The van der Waals surface area contributed by atoms with Crippen LogP contribution in [-0.4, -0.2) is 17.2 Å². The molecule has 0 fully saturated rings. The van der Waals surface area contributed by atoms with Gasteiger partial charge in [0.2, 0.25) is 0 Å². The Hall–Kier alpha value is -6.85. The summed E-state index contributed by atoms with van der Waals surface area (Å²) in [5, 5.41) is 10.7. The fourth-order valence-electron chi connectivity index (χ4n) is 9.83. The summed E-state index contributed by atoms with van der Waals surface area (Å²) in [4.78, 5) is 2.71. The molecule has 0 spiro atoms. The average Bonchev–Trinajstić information content (AvgIpc) is 3.82. The van der Waals surface area contributed by atoms with Gasteiger partial charge < -0.3 is 9.13 Å². The highest BCUT2D eigenvalue weighted by Gasteiger charge is 2.47. The standard InChI is InChI=1S/C54H36N2SSi/c1-3-16-37(17-4-1)38-30-32-39(33-31-38)55-46-23-10-8-21-44(46)54-47(55)24-15-25-48(54)56-45-22-9-7-20-42(45)43-35-34-41(36-49(43)56)58(40-18-5-2-6-19-40)52-28-13-11-26-50(52)57-51-27-12-14-29-53(51)58/h1-36H. The van der Waals surface area contributed by atoms with Crippen molar-refractivity contribution in [2.45, 2.75) is 9.79 Å². The number of rotatable bonds is 5. The fourth-order valence-corrected chi connectivity index (χ4v) is 16.8. The second-order valence-electron chi connectivity index (χ2n) is 15.2. The quantitative estimate of drug-likeness (QED) is 0.158. The van der Waals surface area contributed by atoms with Gasteiger partial charge in [0.1, 0.15) is 0 Å². The van der Waals surface area contributed by atoms with E-state index in [2.05, 4.69) is 228 Å². The number of nitrogens with zero attached hydrogens (tertiary/aromatic N) is 2. The molecule has 0 N–H and O–H groups in total. The second-order valence-corrected chi connectivity index (χ2v) is 20.0. The summed E-state index contributed by atoms with van der Waals surface area (Å²) in [6.45, 7) is 0. The Morgan fingerprint density at radius 2 is 0.897 bits per heavy atom. The molecule has 0 saturated carbocycles. The monoisotopic (exact) mass is 772 g/mol. The largest absolute Gasteiger partial charge is 0.309 e. The maximum atomic E-state index is 2.55. The minimum atomic E-state index is -2.77. The van der Waals surface area contributed by atoms with Crippen LogP contribution in [0.25, 0.3) is 66.1 Å². The summed E-state index contributed by atoms with van der Waals surface area (Å²) in [6, 6.07) is 81.4. The van der Waals surface area contributed by atoms with E-state index in [9.17, 15) is 0 Å². The summed E-state index contributed by atoms with van der Waals surface area (Å²) in [6.07, 6.45) is 0. The van der Waals surface area contributed by atoms with Crippen molar-refractivity contribution in [3.8, 4) is 22.5 Å². The lowest BCUT2D eigenvalue weighted by Gasteiger charge is -2.39. The first-order valence-corrected chi connectivity index (χ1v) is 22.8. The molecule has 2 aromatic heterocycles. The number of para-hydroxylation sites is 2. The van der Waals surface area contributed by atoms with Gasteiger partial charge in [0, 0.05) is 37.0 Å². The van der Waals surface area contributed by atoms with E-state index in [0.29, 0.717) is 0 Å². The van der Waals surface area contributed by atoms with E-state index >= 15 is 0 Å². The van der Waals surface area contributed by atoms with Gasteiger partial charge in [-0.3, -0.25) is 0 Å². The molecular formula is C54H36N2SSi. The average molecular weight is 773 g/mol. The highest BCUT2D eigenvalue weighted by molar-refractivity contribution is 8.00. The Kier molecular flexibility index (Phi) is 7.52. The third-order valence-corrected chi connectivity index (χ3v) is 18.6. The highest BCUT2D eigenvalue weighted by Crippen LogP contribution is 2.41. The van der Waals surface area contributed by atoms with Gasteiger partial charge in [0.25, 0.3) is 0 Å². The van der Waals surface area contributed by atoms with Crippen molar-refractivity contribution in [1.29, 1.82) is 0 Å². The fraction of sp³-hybridized carbons (Fsp3) is 0. The molecule has 58 heavy (non-hydrogen) atoms. The zero-order valence-electron chi connectivity index (χ0n) is 31.6. The lowest BCUT2D eigenvalue weighted by molar-refractivity contribution is 1.17. The number of fused-ring (bicyclic) bond motifs is 8. The molecule has 2 nitrogen and oxygen atoms in total. The lowest BCUT2D eigenvalue weighted by atomic mass is 10.1. The predicted molar refractivity (Wildman–Crippen MR) is 248 cm³/mol. The maximum absolute atomic E-state index is 2.77. The Labute approximate surface area is 342 Å². The van der Waals surface area contributed by atoms with Gasteiger partial charge in [-0.2, -0.15) is 0 Å². The van der Waals surface area contributed by atoms with E-state index in [1.165, 1.54) is 91.0 Å². The number of hydrogen-bond acceptors (Lipinski definition) is 1. The molecule has 9 aromatic carbocycles. The minimum absolute atomic E-state index is 1.15. The van der Waals surface area contributed by atoms with Gasteiger partial charge in [-0.1, -0.05) is 176 Å². The third-order valence-electron chi connectivity index (χ3n) is 12.3. The normalized spacial score (nSPS) is 13.2. The molecule has 3 heterocycles. The molecule has 0 unspecified atom stereocenters. The molecule has 11 aromatic rings. The van der Waals surface area contributed by atoms with Crippen molar-refractivity contribution in [1.82, 2.24) is 9.13 Å². The van der Waals surface area contributed by atoms with Gasteiger partial charge >= 0.3 is 0 Å². The molecule has 0 atom stereocenters. The van der Waals surface area contributed by atoms with Crippen molar-refractivity contribution >= 4 is 84.2 Å². The van der Waals surface area contributed by atoms with Gasteiger partial charge in [0.15, 0.2) is 8.07 Å². The molecule has 1 aliphatic rings. The Morgan fingerprint density at radius 1 is 0.345 bits per heavy atom. The molecule has 1 aliphatic heterocycles. The van der Waals surface area contributed by atoms with Gasteiger partial charge in [-0.05, 0) is 86.5 Å². The second kappa shape index (κ2) is 13.1. The van der Waals surface area contributed by atoms with Crippen LogP contribution in [0.3, 0.4) is 0 Å². The summed E-state index contributed by atoms with van der Waals surface area (Å²) in [5.41, 5.74) is 9.60. The molecule has 12 rings (SSSR count). The summed E-state index contributed by atoms with van der Waals surface area (Å²) in [5.74, 6) is 0. The predicted octanol–water partition coefficient (Wildman–Crippen LogP) is 11.4. The van der Waals surface area contributed by atoms with Crippen LogP contribution < -0.4 is 20.7 Å². The zero-order chi connectivity index (χ0) is 38.2. The van der Waals surface area contributed by atoms with Crippen LogP contribution in [0.1, 0.15) is 0 Å². The topological polar surface area (TPSA) is 9.86 Å². The first-order chi connectivity index (χ1) is 28.8. The first-order valence-electron chi connectivity index (χ1n) is 19.9. The number of benzene rings is 9. The molecule has 272 valence electrons. The van der Waals surface area contributed by atoms with E-state index in [1.807, 2.05) is 11.8 Å². The van der Waals surface area contributed by atoms with Crippen molar-refractivity contribution in [2.24, 2.45) is 0 Å². The SMILES string of the molecule is c1ccc(-c2ccc(-n3c4ccccc4c4c(-n5c6ccccc6c6ccc([Si]7(c8ccccc8)c8ccccc8Sc8ccccc87)cc65)cccc43)cc2)cc1. The van der Waals surface area contributed by atoms with E-state index < -0.39 is 8.07 Å². The van der Waals surface area contributed by atoms with E-state index in [4.69, 9.17) is 0 Å². The van der Waals surface area contributed by atoms with E-state index in [0.717, 1.165) is 5.69 Å². The molecule has 0 saturated heterocycles. The highest BCUT2D eigenvalue weighted by atomic mass is 32.2. The van der Waals surface area contributed by atoms with Gasteiger partial charge in [-0.15, -0.1) is 0 Å². The molecular weight excluding hydrogens is 737 g/mol. The Balaban J connectivity index is 1.15. The third kappa shape index (κ3) is 4.79. The summed E-state index contributed by atoms with van der Waals surface area (Å²) < 4.78 is 4.99. The van der Waals surface area contributed by atoms with Gasteiger partial charge in [0.05, 0.1) is 27.8 Å². The van der Waals surface area contributed by atoms with Crippen LogP contribution in [0, 0.1) is 0 Å². The van der Waals surface area contributed by atoms with Crippen LogP contribution in [0.2, 0.25) is 0 Å². The van der Waals surface area contributed by atoms with Crippen molar-refractivity contribution < 1.29 is 0 Å². The number of aromatic nitrogens is 2. The maximum Gasteiger partial charge on any atom is 0.181 e. The van der Waals surface area contributed by atoms with E-state index in [1.54, 1.807) is 0 Å².